The zero-order valence-electron chi connectivity index (χ0n) is 18.5. The first kappa shape index (κ1) is 24.1. The predicted molar refractivity (Wildman–Crippen MR) is 124 cm³/mol. The van der Waals surface area contributed by atoms with E-state index in [1.54, 1.807) is 24.1 Å². The van der Waals surface area contributed by atoms with Gasteiger partial charge in [-0.2, -0.15) is 0 Å². The van der Waals surface area contributed by atoms with E-state index in [1.165, 1.54) is 38.3 Å². The van der Waals surface area contributed by atoms with Gasteiger partial charge in [-0.05, 0) is 48.7 Å². The topological polar surface area (TPSA) is 69.6 Å². The highest BCUT2D eigenvalue weighted by Crippen LogP contribution is 2.26. The van der Waals surface area contributed by atoms with Crippen LogP contribution in [0.25, 0.3) is 17.2 Å². The van der Waals surface area contributed by atoms with Crippen LogP contribution in [0.5, 0.6) is 0 Å². The number of anilines is 1. The molecule has 2 N–H and O–H groups in total. The van der Waals surface area contributed by atoms with Gasteiger partial charge in [-0.25, -0.2) is 14.0 Å². The number of carbonyl (C=O) groups excluding carboxylic acids is 1. The van der Waals surface area contributed by atoms with Gasteiger partial charge in [0.15, 0.2) is 0 Å². The smallest absolute Gasteiger partial charge is 0.331 e. The van der Waals surface area contributed by atoms with Gasteiger partial charge < -0.3 is 10.4 Å². The normalized spacial score (nSPS) is 11.3. The molecule has 166 valence electrons. The Balaban J connectivity index is 2.07. The van der Waals surface area contributed by atoms with Crippen molar-refractivity contribution in [3.63, 3.8) is 0 Å². The second-order valence-corrected chi connectivity index (χ2v) is 7.62. The van der Waals surface area contributed by atoms with Crippen LogP contribution >= 0.6 is 0 Å². The van der Waals surface area contributed by atoms with Crippen LogP contribution in [-0.4, -0.2) is 30.7 Å². The van der Waals surface area contributed by atoms with E-state index in [4.69, 9.17) is 5.11 Å². The number of hydrogen-bond donors (Lipinski definition) is 2. The van der Waals surface area contributed by atoms with Crippen molar-refractivity contribution in [2.24, 2.45) is 0 Å². The van der Waals surface area contributed by atoms with Crippen molar-refractivity contribution < 1.29 is 19.1 Å². The third-order valence-corrected chi connectivity index (χ3v) is 5.14. The van der Waals surface area contributed by atoms with Gasteiger partial charge in [0.1, 0.15) is 5.82 Å². The molecule has 5 nitrogen and oxygen atoms in total. The van der Waals surface area contributed by atoms with Gasteiger partial charge in [-0.1, -0.05) is 56.9 Å². The summed E-state index contributed by atoms with van der Waals surface area (Å²) in [5.41, 5.74) is 2.39. The summed E-state index contributed by atoms with van der Waals surface area (Å²) in [5, 5.41) is 11.9. The van der Waals surface area contributed by atoms with E-state index in [-0.39, 0.29) is 17.2 Å². The molecule has 0 heterocycles. The summed E-state index contributed by atoms with van der Waals surface area (Å²) in [5.74, 6) is -1.59. The summed E-state index contributed by atoms with van der Waals surface area (Å²) >= 11 is 0. The molecule has 0 aliphatic rings. The summed E-state index contributed by atoms with van der Waals surface area (Å²) in [6, 6.07) is 11.8. The molecule has 0 bridgehead atoms. The SMILES string of the molecule is CCCCCCCNC(=O)N(C)c1cccc(-c2ccc(/C=C(\C)C(=O)O)c(F)c2)c1. The van der Waals surface area contributed by atoms with E-state index >= 15 is 0 Å². The first-order chi connectivity index (χ1) is 14.8. The number of nitrogens with zero attached hydrogens (tertiary/aromatic N) is 1. The standard InChI is InChI=1S/C25H31FN2O3/c1-4-5-6-7-8-14-27-25(31)28(3)22-11-9-10-19(16-22)20-12-13-21(23(26)17-20)15-18(2)24(29)30/h9-13,15-17H,4-8,14H2,1-3H3,(H,27,31)(H,29,30)/b18-15+. The molecule has 6 heteroatoms. The van der Waals surface area contributed by atoms with Crippen LogP contribution in [0.2, 0.25) is 0 Å². The maximum absolute atomic E-state index is 14.5. The lowest BCUT2D eigenvalue weighted by atomic mass is 10.0. The number of aliphatic carboxylic acids is 1. The van der Waals surface area contributed by atoms with Crippen molar-refractivity contribution >= 4 is 23.8 Å². The Morgan fingerprint density at radius 3 is 2.45 bits per heavy atom. The van der Waals surface area contributed by atoms with Crippen LogP contribution in [0, 0.1) is 5.82 Å². The van der Waals surface area contributed by atoms with Crippen LogP contribution in [-0.2, 0) is 4.79 Å². The Morgan fingerprint density at radius 2 is 1.77 bits per heavy atom. The van der Waals surface area contributed by atoms with Gasteiger partial charge in [-0.15, -0.1) is 0 Å². The molecular weight excluding hydrogens is 395 g/mol. The largest absolute Gasteiger partial charge is 0.478 e. The molecular formula is C25H31FN2O3. The zero-order valence-corrected chi connectivity index (χ0v) is 18.5. The van der Waals surface area contributed by atoms with Crippen LogP contribution < -0.4 is 10.2 Å². The summed E-state index contributed by atoms with van der Waals surface area (Å²) in [6.45, 7) is 4.23. The van der Waals surface area contributed by atoms with Crippen molar-refractivity contribution in [2.75, 3.05) is 18.5 Å². The minimum Gasteiger partial charge on any atom is -0.478 e. The zero-order chi connectivity index (χ0) is 22.8. The van der Waals surface area contributed by atoms with Crippen molar-refractivity contribution in [1.82, 2.24) is 5.32 Å². The lowest BCUT2D eigenvalue weighted by molar-refractivity contribution is -0.132. The molecule has 2 amide bonds. The van der Waals surface area contributed by atoms with Gasteiger partial charge in [0.2, 0.25) is 0 Å². The number of carbonyl (C=O) groups is 2. The second-order valence-electron chi connectivity index (χ2n) is 7.62. The molecule has 0 aliphatic carbocycles. The summed E-state index contributed by atoms with van der Waals surface area (Å²) in [4.78, 5) is 24.9. The minimum absolute atomic E-state index is 0.0617. The number of rotatable bonds is 10. The summed E-state index contributed by atoms with van der Waals surface area (Å²) < 4.78 is 14.5. The number of carboxylic acid groups (broad SMARTS) is 1. The number of hydrogen-bond acceptors (Lipinski definition) is 2. The number of nitrogens with one attached hydrogen (secondary N) is 1. The maximum Gasteiger partial charge on any atom is 0.331 e. The van der Waals surface area contributed by atoms with E-state index < -0.39 is 11.8 Å². The predicted octanol–water partition coefficient (Wildman–Crippen LogP) is 6.10. The van der Waals surface area contributed by atoms with E-state index in [9.17, 15) is 14.0 Å². The molecule has 31 heavy (non-hydrogen) atoms. The van der Waals surface area contributed by atoms with Crippen LogP contribution in [0.1, 0.15) is 51.5 Å². The van der Waals surface area contributed by atoms with Crippen LogP contribution in [0.4, 0.5) is 14.9 Å². The number of benzene rings is 2. The van der Waals surface area contributed by atoms with E-state index in [1.807, 2.05) is 24.3 Å². The third kappa shape index (κ3) is 7.24. The summed E-state index contributed by atoms with van der Waals surface area (Å²) in [7, 11) is 1.70. The average molecular weight is 427 g/mol. The van der Waals surface area contributed by atoms with E-state index in [2.05, 4.69) is 12.2 Å². The minimum atomic E-state index is -1.08. The van der Waals surface area contributed by atoms with Gasteiger partial charge in [0, 0.05) is 30.4 Å². The average Bonchev–Trinajstić information content (AvgIpc) is 2.76. The first-order valence-electron chi connectivity index (χ1n) is 10.7. The number of urea groups is 1. The van der Waals surface area contributed by atoms with Crippen molar-refractivity contribution in [2.45, 2.75) is 46.0 Å². The lowest BCUT2D eigenvalue weighted by Crippen LogP contribution is -2.37. The number of carboxylic acids is 1. The Bertz CT molecular complexity index is 940. The molecule has 2 aromatic carbocycles. The Morgan fingerprint density at radius 1 is 1.06 bits per heavy atom. The molecule has 0 saturated heterocycles. The van der Waals surface area contributed by atoms with Gasteiger partial charge >= 0.3 is 12.0 Å². The van der Waals surface area contributed by atoms with E-state index in [0.29, 0.717) is 17.8 Å². The van der Waals surface area contributed by atoms with Crippen molar-refractivity contribution in [3.05, 3.63) is 59.4 Å². The molecule has 0 atom stereocenters. The fourth-order valence-electron chi connectivity index (χ4n) is 3.17. The quantitative estimate of drug-likeness (QED) is 0.356. The van der Waals surface area contributed by atoms with Gasteiger partial charge in [-0.3, -0.25) is 4.90 Å². The fourth-order valence-corrected chi connectivity index (χ4v) is 3.17. The fraction of sp³-hybridized carbons (Fsp3) is 0.360. The molecule has 0 fully saturated rings. The Kier molecular flexibility index (Phi) is 9.25. The van der Waals surface area contributed by atoms with E-state index in [0.717, 1.165) is 18.4 Å². The van der Waals surface area contributed by atoms with Crippen LogP contribution in [0.15, 0.2) is 48.0 Å². The van der Waals surface area contributed by atoms with Crippen molar-refractivity contribution in [3.8, 4) is 11.1 Å². The molecule has 0 spiro atoms. The van der Waals surface area contributed by atoms with Gasteiger partial charge in [0.05, 0.1) is 0 Å². The Labute approximate surface area is 183 Å². The van der Waals surface area contributed by atoms with Crippen LogP contribution in [0.3, 0.4) is 0 Å². The number of halogens is 1. The molecule has 2 rings (SSSR count). The highest BCUT2D eigenvalue weighted by atomic mass is 19.1. The van der Waals surface area contributed by atoms with Gasteiger partial charge in [0.25, 0.3) is 0 Å². The third-order valence-electron chi connectivity index (χ3n) is 5.14. The highest BCUT2D eigenvalue weighted by molar-refractivity contribution is 5.92. The monoisotopic (exact) mass is 426 g/mol. The lowest BCUT2D eigenvalue weighted by Gasteiger charge is -2.19. The maximum atomic E-state index is 14.5. The Hall–Kier alpha value is -3.15. The molecule has 0 aliphatic heterocycles. The molecule has 2 aromatic rings. The number of amides is 2. The van der Waals surface area contributed by atoms with Crippen molar-refractivity contribution in [1.29, 1.82) is 0 Å². The molecule has 0 radical (unpaired) electrons. The molecule has 0 aromatic heterocycles. The molecule has 0 saturated carbocycles. The first-order valence-corrected chi connectivity index (χ1v) is 10.7. The molecule has 0 unspecified atom stereocenters. The summed E-state index contributed by atoms with van der Waals surface area (Å²) in [6.07, 6.45) is 6.97. The highest BCUT2D eigenvalue weighted by Gasteiger charge is 2.12. The number of unbranched alkanes of at least 4 members (excludes halogenated alkanes) is 4. The second kappa shape index (κ2) is 11.9.